The van der Waals surface area contributed by atoms with Crippen molar-refractivity contribution in [3.63, 3.8) is 0 Å². The van der Waals surface area contributed by atoms with Crippen LogP contribution >= 0.6 is 0 Å². The van der Waals surface area contributed by atoms with Gasteiger partial charge < -0.3 is 20.8 Å². The molecule has 0 saturated heterocycles. The van der Waals surface area contributed by atoms with Crippen molar-refractivity contribution in [3.05, 3.63) is 29.3 Å². The third-order valence-electron chi connectivity index (χ3n) is 3.06. The summed E-state index contributed by atoms with van der Waals surface area (Å²) in [5.41, 5.74) is 2.27. The first kappa shape index (κ1) is 13.9. The second-order valence-corrected chi connectivity index (χ2v) is 4.51. The molecule has 0 saturated carbocycles. The van der Waals surface area contributed by atoms with Crippen LogP contribution in [0, 0.1) is 0 Å². The number of carboxylic acid groups (broad SMARTS) is 2. The summed E-state index contributed by atoms with van der Waals surface area (Å²) in [6, 6.07) is 3.58. The molecule has 20 heavy (non-hydrogen) atoms. The summed E-state index contributed by atoms with van der Waals surface area (Å²) in [5.74, 6) is -3.24. The highest BCUT2D eigenvalue weighted by molar-refractivity contribution is 5.98. The van der Waals surface area contributed by atoms with Crippen molar-refractivity contribution in [1.82, 2.24) is 5.32 Å². The Morgan fingerprint density at radius 1 is 1.30 bits per heavy atom. The van der Waals surface area contributed by atoms with Gasteiger partial charge in [-0.1, -0.05) is 0 Å². The van der Waals surface area contributed by atoms with E-state index in [4.69, 9.17) is 10.2 Å². The van der Waals surface area contributed by atoms with Crippen LogP contribution in [-0.2, 0) is 16.0 Å². The van der Waals surface area contributed by atoms with Crippen molar-refractivity contribution in [1.29, 1.82) is 0 Å². The maximum Gasteiger partial charge on any atom is 0.326 e. The van der Waals surface area contributed by atoms with E-state index in [2.05, 4.69) is 10.6 Å². The second-order valence-electron chi connectivity index (χ2n) is 4.51. The molecule has 1 aromatic rings. The van der Waals surface area contributed by atoms with E-state index < -0.39 is 30.3 Å². The molecular formula is C13H14N2O5. The van der Waals surface area contributed by atoms with Gasteiger partial charge in [-0.25, -0.2) is 4.79 Å². The van der Waals surface area contributed by atoms with Crippen LogP contribution < -0.4 is 10.6 Å². The van der Waals surface area contributed by atoms with Crippen LogP contribution in [0.25, 0.3) is 0 Å². The third-order valence-corrected chi connectivity index (χ3v) is 3.06. The first-order chi connectivity index (χ1) is 9.47. The zero-order valence-electron chi connectivity index (χ0n) is 10.5. The van der Waals surface area contributed by atoms with E-state index >= 15 is 0 Å². The number of carbonyl (C=O) groups is 3. The lowest BCUT2D eigenvalue weighted by Gasteiger charge is -2.12. The molecule has 0 fully saturated rings. The summed E-state index contributed by atoms with van der Waals surface area (Å²) in [6.07, 6.45) is 0.140. The molecule has 1 unspecified atom stereocenters. The predicted octanol–water partition coefficient (Wildman–Crippen LogP) is 0.312. The highest BCUT2D eigenvalue weighted by Crippen LogP contribution is 2.22. The monoisotopic (exact) mass is 278 g/mol. The Kier molecular flexibility index (Phi) is 3.88. The Hall–Kier alpha value is -2.57. The van der Waals surface area contributed by atoms with E-state index in [0.29, 0.717) is 5.56 Å². The largest absolute Gasteiger partial charge is 0.481 e. The molecule has 0 aliphatic carbocycles. The second kappa shape index (κ2) is 5.60. The Balaban J connectivity index is 2.10. The summed E-state index contributed by atoms with van der Waals surface area (Å²) < 4.78 is 0. The molecule has 0 radical (unpaired) electrons. The molecule has 1 amide bonds. The van der Waals surface area contributed by atoms with Gasteiger partial charge in [0.15, 0.2) is 0 Å². The SMILES string of the molecule is O=C(O)CC(NC(=O)c1ccc2c(c1)CCN2)C(=O)O. The number of benzene rings is 1. The van der Waals surface area contributed by atoms with E-state index in [1.54, 1.807) is 18.2 Å². The minimum absolute atomic E-state index is 0.323. The van der Waals surface area contributed by atoms with E-state index in [0.717, 1.165) is 24.2 Å². The van der Waals surface area contributed by atoms with Crippen LogP contribution in [0.15, 0.2) is 18.2 Å². The molecule has 106 valence electrons. The lowest BCUT2D eigenvalue weighted by atomic mass is 10.1. The maximum atomic E-state index is 12.0. The summed E-state index contributed by atoms with van der Waals surface area (Å²) >= 11 is 0. The molecule has 1 atom stereocenters. The number of fused-ring (bicyclic) bond motifs is 1. The number of aliphatic carboxylic acids is 2. The molecule has 0 bridgehead atoms. The van der Waals surface area contributed by atoms with Crippen LogP contribution in [0.1, 0.15) is 22.3 Å². The van der Waals surface area contributed by atoms with Crippen molar-refractivity contribution >= 4 is 23.5 Å². The van der Waals surface area contributed by atoms with E-state index in [1.807, 2.05) is 0 Å². The van der Waals surface area contributed by atoms with Gasteiger partial charge in [-0.3, -0.25) is 9.59 Å². The summed E-state index contributed by atoms with van der Waals surface area (Å²) in [5, 5.41) is 22.9. The molecule has 1 aliphatic heterocycles. The fraction of sp³-hybridized carbons (Fsp3) is 0.308. The first-order valence-corrected chi connectivity index (χ1v) is 6.09. The minimum atomic E-state index is -1.44. The van der Waals surface area contributed by atoms with Gasteiger partial charge in [0.1, 0.15) is 6.04 Å². The van der Waals surface area contributed by atoms with Gasteiger partial charge >= 0.3 is 11.9 Å². The van der Waals surface area contributed by atoms with E-state index in [1.165, 1.54) is 0 Å². The molecular weight excluding hydrogens is 264 g/mol. The average Bonchev–Trinajstić information content (AvgIpc) is 2.84. The number of nitrogens with one attached hydrogen (secondary N) is 2. The van der Waals surface area contributed by atoms with Gasteiger partial charge in [-0.05, 0) is 30.2 Å². The summed E-state index contributed by atoms with van der Waals surface area (Å²) in [7, 11) is 0. The topological polar surface area (TPSA) is 116 Å². The van der Waals surface area contributed by atoms with Crippen molar-refractivity contribution in [2.24, 2.45) is 0 Å². The highest BCUT2D eigenvalue weighted by Gasteiger charge is 2.24. The standard InChI is InChI=1S/C13H14N2O5/c16-11(17)6-10(13(19)20)15-12(18)8-1-2-9-7(5-8)3-4-14-9/h1-2,5,10,14H,3-4,6H2,(H,15,18)(H,16,17)(H,19,20). The van der Waals surface area contributed by atoms with Gasteiger partial charge in [0, 0.05) is 17.8 Å². The normalized spacial score (nSPS) is 14.0. The van der Waals surface area contributed by atoms with Crippen LogP contribution in [0.2, 0.25) is 0 Å². The van der Waals surface area contributed by atoms with Gasteiger partial charge in [0.2, 0.25) is 0 Å². The Bertz CT molecular complexity index is 570. The molecule has 1 heterocycles. The van der Waals surface area contributed by atoms with Crippen molar-refractivity contribution in [2.75, 3.05) is 11.9 Å². The average molecular weight is 278 g/mol. The number of carboxylic acids is 2. The number of carbonyl (C=O) groups excluding carboxylic acids is 1. The fourth-order valence-corrected chi connectivity index (χ4v) is 2.06. The number of amides is 1. The Morgan fingerprint density at radius 3 is 2.70 bits per heavy atom. The lowest BCUT2D eigenvalue weighted by molar-refractivity contribution is -0.145. The molecule has 1 aromatic carbocycles. The third kappa shape index (κ3) is 3.05. The van der Waals surface area contributed by atoms with Gasteiger partial charge in [0.05, 0.1) is 6.42 Å². The zero-order valence-corrected chi connectivity index (χ0v) is 10.5. The van der Waals surface area contributed by atoms with Gasteiger partial charge in [0.25, 0.3) is 5.91 Å². The first-order valence-electron chi connectivity index (χ1n) is 6.09. The van der Waals surface area contributed by atoms with Crippen LogP contribution in [0.5, 0.6) is 0 Å². The van der Waals surface area contributed by atoms with Crippen molar-refractivity contribution < 1.29 is 24.6 Å². The van der Waals surface area contributed by atoms with Crippen molar-refractivity contribution in [3.8, 4) is 0 Å². The molecule has 7 nitrogen and oxygen atoms in total. The molecule has 1 aliphatic rings. The summed E-state index contributed by atoms with van der Waals surface area (Å²) in [6.45, 7) is 0.803. The maximum absolute atomic E-state index is 12.0. The molecule has 0 aromatic heterocycles. The van der Waals surface area contributed by atoms with Crippen LogP contribution in [0.4, 0.5) is 5.69 Å². The molecule has 4 N–H and O–H groups in total. The van der Waals surface area contributed by atoms with Crippen LogP contribution in [0.3, 0.4) is 0 Å². The Labute approximate surface area is 114 Å². The molecule has 2 rings (SSSR count). The molecule has 0 spiro atoms. The number of rotatable bonds is 5. The number of hydrogen-bond donors (Lipinski definition) is 4. The number of hydrogen-bond acceptors (Lipinski definition) is 4. The zero-order chi connectivity index (χ0) is 14.7. The quantitative estimate of drug-likeness (QED) is 0.616. The molecule has 7 heteroatoms. The smallest absolute Gasteiger partial charge is 0.326 e. The van der Waals surface area contributed by atoms with E-state index in [-0.39, 0.29) is 0 Å². The lowest BCUT2D eigenvalue weighted by Crippen LogP contribution is -2.42. The predicted molar refractivity (Wildman–Crippen MR) is 69.8 cm³/mol. The fourth-order valence-electron chi connectivity index (χ4n) is 2.06. The number of anilines is 1. The van der Waals surface area contributed by atoms with Crippen LogP contribution in [-0.4, -0.2) is 40.6 Å². The van der Waals surface area contributed by atoms with E-state index in [9.17, 15) is 14.4 Å². The Morgan fingerprint density at radius 2 is 2.05 bits per heavy atom. The van der Waals surface area contributed by atoms with Gasteiger partial charge in [-0.15, -0.1) is 0 Å². The van der Waals surface area contributed by atoms with Crippen molar-refractivity contribution in [2.45, 2.75) is 18.9 Å². The summed E-state index contributed by atoms with van der Waals surface area (Å²) in [4.78, 5) is 33.4. The van der Waals surface area contributed by atoms with Gasteiger partial charge in [-0.2, -0.15) is 0 Å². The highest BCUT2D eigenvalue weighted by atomic mass is 16.4. The minimum Gasteiger partial charge on any atom is -0.481 e.